The second kappa shape index (κ2) is 5.53. The zero-order chi connectivity index (χ0) is 10.4. The van der Waals surface area contributed by atoms with Crippen molar-refractivity contribution in [3.05, 3.63) is 0 Å². The highest BCUT2D eigenvalue weighted by Gasteiger charge is 2.20. The molecule has 5 nitrogen and oxygen atoms in total. The van der Waals surface area contributed by atoms with E-state index in [2.05, 4.69) is 9.47 Å². The van der Waals surface area contributed by atoms with Gasteiger partial charge in [0.1, 0.15) is 6.10 Å². The molecule has 2 atom stereocenters. The van der Waals surface area contributed by atoms with Crippen molar-refractivity contribution in [1.29, 1.82) is 0 Å². The smallest absolute Gasteiger partial charge is 0.347 e. The number of rotatable bonds is 4. The van der Waals surface area contributed by atoms with Gasteiger partial charge in [0, 0.05) is 0 Å². The Bertz CT molecular complexity index is 187. The second-order valence-electron chi connectivity index (χ2n) is 2.51. The molecule has 0 fully saturated rings. The Kier molecular flexibility index (Phi) is 5.06. The minimum Gasteiger partial charge on any atom is -0.463 e. The topological polar surface area (TPSA) is 72.8 Å². The molecule has 0 aliphatic rings. The van der Waals surface area contributed by atoms with Crippen LogP contribution in [0.3, 0.4) is 0 Å². The summed E-state index contributed by atoms with van der Waals surface area (Å²) in [6.45, 7) is 4.54. The number of carbonyl (C=O) groups excluding carboxylic acids is 2. The molecular formula is C8H14O5. The number of hydrogen-bond donors (Lipinski definition) is 1. The highest BCUT2D eigenvalue weighted by molar-refractivity contribution is 5.80. The van der Waals surface area contributed by atoms with Crippen LogP contribution in [0.5, 0.6) is 0 Å². The van der Waals surface area contributed by atoms with Crippen molar-refractivity contribution in [1.82, 2.24) is 0 Å². The molecule has 0 aromatic rings. The highest BCUT2D eigenvalue weighted by Crippen LogP contribution is 1.97. The molecule has 76 valence electrons. The highest BCUT2D eigenvalue weighted by atomic mass is 16.6. The van der Waals surface area contributed by atoms with Gasteiger partial charge in [0.25, 0.3) is 0 Å². The fraction of sp³-hybridized carbons (Fsp3) is 0.750. The number of aliphatic hydroxyl groups is 1. The minimum atomic E-state index is -1.23. The fourth-order valence-corrected chi connectivity index (χ4v) is 0.580. The first-order chi connectivity index (χ1) is 5.99. The van der Waals surface area contributed by atoms with Crippen LogP contribution < -0.4 is 0 Å². The third-order valence-electron chi connectivity index (χ3n) is 1.25. The Morgan fingerprint density at radius 1 is 1.31 bits per heavy atom. The van der Waals surface area contributed by atoms with Crippen LogP contribution in [0.2, 0.25) is 0 Å². The largest absolute Gasteiger partial charge is 0.463 e. The fourth-order valence-electron chi connectivity index (χ4n) is 0.580. The van der Waals surface area contributed by atoms with Gasteiger partial charge in [0.2, 0.25) is 0 Å². The van der Waals surface area contributed by atoms with Gasteiger partial charge in [-0.3, -0.25) is 0 Å². The average molecular weight is 190 g/mol. The predicted octanol–water partition coefficient (Wildman–Crippen LogP) is -0.138. The number of aliphatic hydroxyl groups excluding tert-OH is 1. The number of esters is 2. The van der Waals surface area contributed by atoms with Crippen LogP contribution in [0.15, 0.2) is 0 Å². The van der Waals surface area contributed by atoms with Crippen LogP contribution in [0.4, 0.5) is 0 Å². The van der Waals surface area contributed by atoms with Crippen molar-refractivity contribution in [3.63, 3.8) is 0 Å². The van der Waals surface area contributed by atoms with E-state index in [1.807, 2.05) is 0 Å². The Morgan fingerprint density at radius 2 is 1.85 bits per heavy atom. The zero-order valence-corrected chi connectivity index (χ0v) is 7.94. The standard InChI is InChI=1S/C8H14O5/c1-4-12-8(11)6(3)13-7(10)5(2)9/h5-6,9H,4H2,1-3H3/t5-,6-/m1/s1. The van der Waals surface area contributed by atoms with E-state index < -0.39 is 24.1 Å². The summed E-state index contributed by atoms with van der Waals surface area (Å²) >= 11 is 0. The summed E-state index contributed by atoms with van der Waals surface area (Å²) in [5.74, 6) is -1.45. The molecule has 0 saturated heterocycles. The van der Waals surface area contributed by atoms with Gasteiger partial charge < -0.3 is 14.6 Å². The van der Waals surface area contributed by atoms with Crippen molar-refractivity contribution in [2.24, 2.45) is 0 Å². The van der Waals surface area contributed by atoms with Crippen LogP contribution in [0.25, 0.3) is 0 Å². The molecule has 1 N–H and O–H groups in total. The molecule has 0 heterocycles. The lowest BCUT2D eigenvalue weighted by atomic mass is 10.4. The number of hydrogen-bond acceptors (Lipinski definition) is 5. The minimum absolute atomic E-state index is 0.232. The molecular weight excluding hydrogens is 176 g/mol. The lowest BCUT2D eigenvalue weighted by Crippen LogP contribution is -2.30. The molecule has 0 aromatic heterocycles. The van der Waals surface area contributed by atoms with E-state index in [-0.39, 0.29) is 6.61 Å². The summed E-state index contributed by atoms with van der Waals surface area (Å²) in [6.07, 6.45) is -2.20. The lowest BCUT2D eigenvalue weighted by molar-refractivity contribution is -0.171. The first kappa shape index (κ1) is 11.9. The van der Waals surface area contributed by atoms with Crippen molar-refractivity contribution in [3.8, 4) is 0 Å². The van der Waals surface area contributed by atoms with Gasteiger partial charge in [-0.25, -0.2) is 9.59 Å². The van der Waals surface area contributed by atoms with Crippen LogP contribution in [-0.2, 0) is 19.1 Å². The maximum absolute atomic E-state index is 10.9. The SMILES string of the molecule is CCOC(=O)[C@@H](C)OC(=O)[C@@H](C)O. The van der Waals surface area contributed by atoms with Gasteiger partial charge in [0.15, 0.2) is 6.10 Å². The van der Waals surface area contributed by atoms with Gasteiger partial charge in [-0.05, 0) is 20.8 Å². The van der Waals surface area contributed by atoms with E-state index >= 15 is 0 Å². The second-order valence-corrected chi connectivity index (χ2v) is 2.51. The van der Waals surface area contributed by atoms with E-state index in [1.165, 1.54) is 13.8 Å². The van der Waals surface area contributed by atoms with E-state index in [9.17, 15) is 9.59 Å². The third kappa shape index (κ3) is 4.47. The van der Waals surface area contributed by atoms with E-state index in [1.54, 1.807) is 6.92 Å². The average Bonchev–Trinajstić information content (AvgIpc) is 2.04. The van der Waals surface area contributed by atoms with E-state index in [0.29, 0.717) is 0 Å². The monoisotopic (exact) mass is 190 g/mol. The Balaban J connectivity index is 3.92. The maximum Gasteiger partial charge on any atom is 0.347 e. The van der Waals surface area contributed by atoms with Crippen molar-refractivity contribution >= 4 is 11.9 Å². The molecule has 0 saturated carbocycles. The number of ether oxygens (including phenoxy) is 2. The normalized spacial score (nSPS) is 14.5. The zero-order valence-electron chi connectivity index (χ0n) is 7.94. The quantitative estimate of drug-likeness (QED) is 0.625. The molecule has 0 bridgehead atoms. The Labute approximate surface area is 76.6 Å². The molecule has 0 amide bonds. The van der Waals surface area contributed by atoms with Gasteiger partial charge in [-0.2, -0.15) is 0 Å². The summed E-state index contributed by atoms with van der Waals surface area (Å²) in [4.78, 5) is 21.7. The molecule has 0 aliphatic carbocycles. The van der Waals surface area contributed by atoms with Gasteiger partial charge in [-0.15, -0.1) is 0 Å². The van der Waals surface area contributed by atoms with E-state index in [0.717, 1.165) is 0 Å². The molecule has 0 aliphatic heterocycles. The van der Waals surface area contributed by atoms with Gasteiger partial charge >= 0.3 is 11.9 Å². The molecule has 0 unspecified atom stereocenters. The summed E-state index contributed by atoms with van der Waals surface area (Å²) in [6, 6.07) is 0. The summed E-state index contributed by atoms with van der Waals surface area (Å²) < 4.78 is 9.15. The van der Waals surface area contributed by atoms with E-state index in [4.69, 9.17) is 5.11 Å². The Morgan fingerprint density at radius 3 is 2.23 bits per heavy atom. The maximum atomic E-state index is 10.9. The van der Waals surface area contributed by atoms with Crippen LogP contribution in [-0.4, -0.2) is 35.9 Å². The first-order valence-corrected chi connectivity index (χ1v) is 4.04. The van der Waals surface area contributed by atoms with Crippen LogP contribution in [0, 0.1) is 0 Å². The number of carbonyl (C=O) groups is 2. The van der Waals surface area contributed by atoms with Crippen molar-refractivity contribution in [2.45, 2.75) is 33.0 Å². The van der Waals surface area contributed by atoms with Crippen LogP contribution >= 0.6 is 0 Å². The van der Waals surface area contributed by atoms with Crippen LogP contribution in [0.1, 0.15) is 20.8 Å². The lowest BCUT2D eigenvalue weighted by Gasteiger charge is -2.12. The first-order valence-electron chi connectivity index (χ1n) is 4.04. The molecule has 0 aromatic carbocycles. The third-order valence-corrected chi connectivity index (χ3v) is 1.25. The summed E-state index contributed by atoms with van der Waals surface area (Å²) in [7, 11) is 0. The van der Waals surface area contributed by atoms with Crippen molar-refractivity contribution in [2.75, 3.05) is 6.61 Å². The summed E-state index contributed by atoms with van der Waals surface area (Å²) in [5, 5.41) is 8.75. The molecule has 5 heteroatoms. The molecule has 0 rings (SSSR count). The van der Waals surface area contributed by atoms with Gasteiger partial charge in [0.05, 0.1) is 6.61 Å². The molecule has 0 spiro atoms. The predicted molar refractivity (Wildman–Crippen MR) is 43.9 cm³/mol. The Hall–Kier alpha value is -1.10. The molecule has 0 radical (unpaired) electrons. The van der Waals surface area contributed by atoms with Gasteiger partial charge in [-0.1, -0.05) is 0 Å². The van der Waals surface area contributed by atoms with Crippen molar-refractivity contribution < 1.29 is 24.2 Å². The molecule has 13 heavy (non-hydrogen) atoms. The summed E-state index contributed by atoms with van der Waals surface area (Å²) in [5.41, 5.74) is 0.